The second-order valence-corrected chi connectivity index (χ2v) is 8.98. The van der Waals surface area contributed by atoms with Crippen LogP contribution in [0, 0.1) is 17.3 Å². The van der Waals surface area contributed by atoms with Crippen LogP contribution in [0.25, 0.3) is 0 Å². The third-order valence-electron chi connectivity index (χ3n) is 6.71. The number of nitrogens with zero attached hydrogens (tertiary/aromatic N) is 1. The van der Waals surface area contributed by atoms with Gasteiger partial charge in [0.25, 0.3) is 0 Å². The van der Waals surface area contributed by atoms with E-state index in [4.69, 9.17) is 0 Å². The van der Waals surface area contributed by atoms with E-state index >= 15 is 0 Å². The second kappa shape index (κ2) is 3.95. The van der Waals surface area contributed by atoms with Gasteiger partial charge >= 0.3 is 6.03 Å². The summed E-state index contributed by atoms with van der Waals surface area (Å²) in [5, 5.41) is 14.0. The normalized spacial score (nSPS) is 50.6. The first-order chi connectivity index (χ1) is 9.76. The van der Waals surface area contributed by atoms with Gasteiger partial charge < -0.3 is 15.3 Å². The van der Waals surface area contributed by atoms with Crippen molar-refractivity contribution in [2.75, 3.05) is 6.54 Å². The Morgan fingerprint density at radius 3 is 2.67 bits per heavy atom. The van der Waals surface area contributed by atoms with Crippen LogP contribution in [0.2, 0.25) is 0 Å². The molecule has 5 unspecified atom stereocenters. The highest BCUT2D eigenvalue weighted by Gasteiger charge is 2.64. The fraction of sp³-hybridized carbons (Fsp3) is 0.941. The van der Waals surface area contributed by atoms with Gasteiger partial charge in [-0.25, -0.2) is 4.79 Å². The molecule has 4 aliphatic carbocycles. The average Bonchev–Trinajstić information content (AvgIpc) is 2.60. The number of carbonyl (C=O) groups excluding carboxylic acids is 1. The van der Waals surface area contributed by atoms with E-state index in [2.05, 4.69) is 31.0 Å². The molecule has 1 aliphatic heterocycles. The number of hydrogen-bond donors (Lipinski definition) is 2. The standard InChI is InChI=1S/C17H28N2O2/c1-4-16-6-11-5-12(8-17(21,7-11)9-16)13(16)19-10-15(2,3)18-14(19)20/h11-13,21H,4-10H2,1-3H3,(H,18,20). The first-order valence-corrected chi connectivity index (χ1v) is 8.57. The first kappa shape index (κ1) is 13.9. The lowest BCUT2D eigenvalue weighted by Gasteiger charge is -2.65. The number of carbonyl (C=O) groups is 1. The molecule has 21 heavy (non-hydrogen) atoms. The molecule has 0 radical (unpaired) electrons. The molecular formula is C17H28N2O2. The zero-order valence-corrected chi connectivity index (χ0v) is 13.5. The molecule has 0 spiro atoms. The minimum atomic E-state index is -0.440. The van der Waals surface area contributed by atoms with Crippen molar-refractivity contribution in [3.05, 3.63) is 0 Å². The monoisotopic (exact) mass is 292 g/mol. The highest BCUT2D eigenvalue weighted by atomic mass is 16.3. The molecule has 4 heteroatoms. The van der Waals surface area contributed by atoms with Crippen LogP contribution < -0.4 is 5.32 Å². The molecule has 4 bridgehead atoms. The molecule has 0 aromatic heterocycles. The maximum atomic E-state index is 12.5. The Bertz CT molecular complexity index is 491. The summed E-state index contributed by atoms with van der Waals surface area (Å²) < 4.78 is 0. The minimum absolute atomic E-state index is 0.109. The van der Waals surface area contributed by atoms with E-state index in [1.807, 2.05) is 0 Å². The van der Waals surface area contributed by atoms with E-state index in [9.17, 15) is 9.90 Å². The maximum absolute atomic E-state index is 12.5. The first-order valence-electron chi connectivity index (χ1n) is 8.57. The van der Waals surface area contributed by atoms with Crippen LogP contribution in [-0.2, 0) is 0 Å². The van der Waals surface area contributed by atoms with E-state index < -0.39 is 5.60 Å². The van der Waals surface area contributed by atoms with Gasteiger partial charge in [-0.15, -0.1) is 0 Å². The quantitative estimate of drug-likeness (QED) is 0.821. The van der Waals surface area contributed by atoms with E-state index in [0.29, 0.717) is 17.9 Å². The number of hydrogen-bond acceptors (Lipinski definition) is 2. The second-order valence-electron chi connectivity index (χ2n) is 8.98. The highest BCUT2D eigenvalue weighted by Crippen LogP contribution is 2.64. The molecule has 118 valence electrons. The fourth-order valence-corrected chi connectivity index (χ4v) is 6.46. The van der Waals surface area contributed by atoms with Crippen LogP contribution in [0.1, 0.15) is 59.3 Å². The molecule has 2 N–H and O–H groups in total. The molecular weight excluding hydrogens is 264 g/mol. The molecule has 0 aromatic carbocycles. The molecule has 0 aromatic rings. The highest BCUT2D eigenvalue weighted by molar-refractivity contribution is 5.78. The zero-order valence-electron chi connectivity index (χ0n) is 13.5. The number of amides is 2. The van der Waals surface area contributed by atoms with Crippen LogP contribution in [0.3, 0.4) is 0 Å². The lowest BCUT2D eigenvalue weighted by molar-refractivity contribution is -0.196. The van der Waals surface area contributed by atoms with Crippen LogP contribution in [0.4, 0.5) is 4.79 Å². The molecule has 1 saturated heterocycles. The molecule has 4 saturated carbocycles. The Morgan fingerprint density at radius 2 is 2.10 bits per heavy atom. The van der Waals surface area contributed by atoms with Crippen molar-refractivity contribution in [2.24, 2.45) is 17.3 Å². The van der Waals surface area contributed by atoms with Crippen LogP contribution in [0.5, 0.6) is 0 Å². The Balaban J connectivity index is 1.71. The zero-order chi connectivity index (χ0) is 15.0. The third-order valence-corrected chi connectivity index (χ3v) is 6.71. The van der Waals surface area contributed by atoms with Crippen molar-refractivity contribution in [3.63, 3.8) is 0 Å². The average molecular weight is 292 g/mol. The van der Waals surface area contributed by atoms with E-state index in [1.165, 1.54) is 12.8 Å². The van der Waals surface area contributed by atoms with Crippen molar-refractivity contribution in [1.82, 2.24) is 10.2 Å². The van der Waals surface area contributed by atoms with Crippen molar-refractivity contribution in [2.45, 2.75) is 76.5 Å². The molecule has 1 heterocycles. The Hall–Kier alpha value is -0.770. The molecule has 5 fully saturated rings. The summed E-state index contributed by atoms with van der Waals surface area (Å²) in [6.45, 7) is 7.26. The Morgan fingerprint density at radius 1 is 1.33 bits per heavy atom. The van der Waals surface area contributed by atoms with E-state index in [-0.39, 0.29) is 17.0 Å². The van der Waals surface area contributed by atoms with Crippen LogP contribution >= 0.6 is 0 Å². The topological polar surface area (TPSA) is 52.6 Å². The maximum Gasteiger partial charge on any atom is 0.318 e. The lowest BCUT2D eigenvalue weighted by atomic mass is 9.45. The van der Waals surface area contributed by atoms with Gasteiger partial charge in [0.15, 0.2) is 0 Å². The van der Waals surface area contributed by atoms with E-state index in [1.54, 1.807) is 0 Å². The minimum Gasteiger partial charge on any atom is -0.390 e. The number of urea groups is 1. The third kappa shape index (κ3) is 1.87. The number of aliphatic hydroxyl groups is 1. The summed E-state index contributed by atoms with van der Waals surface area (Å²) in [5.74, 6) is 1.17. The van der Waals surface area contributed by atoms with Gasteiger partial charge in [-0.1, -0.05) is 6.92 Å². The predicted octanol–water partition coefficient (Wildman–Crippen LogP) is 2.51. The van der Waals surface area contributed by atoms with Gasteiger partial charge in [-0.2, -0.15) is 0 Å². The number of rotatable bonds is 2. The summed E-state index contributed by atoms with van der Waals surface area (Å²) in [6.07, 6.45) is 6.29. The summed E-state index contributed by atoms with van der Waals surface area (Å²) in [6, 6.07) is 0.443. The fourth-order valence-electron chi connectivity index (χ4n) is 6.46. The molecule has 5 rings (SSSR count). The molecule has 5 aliphatic rings. The largest absolute Gasteiger partial charge is 0.390 e. The molecule has 2 amide bonds. The Labute approximate surface area is 127 Å². The predicted molar refractivity (Wildman–Crippen MR) is 80.8 cm³/mol. The number of nitrogens with one attached hydrogen (secondary N) is 1. The van der Waals surface area contributed by atoms with Gasteiger partial charge in [0, 0.05) is 12.6 Å². The van der Waals surface area contributed by atoms with Crippen LogP contribution in [-0.4, -0.2) is 39.8 Å². The summed E-state index contributed by atoms with van der Waals surface area (Å²) in [4.78, 5) is 14.6. The van der Waals surface area contributed by atoms with Crippen molar-refractivity contribution in [3.8, 4) is 0 Å². The lowest BCUT2D eigenvalue weighted by Crippen LogP contribution is -2.67. The van der Waals surface area contributed by atoms with Crippen molar-refractivity contribution < 1.29 is 9.90 Å². The summed E-state index contributed by atoms with van der Waals surface area (Å²) >= 11 is 0. The van der Waals surface area contributed by atoms with Crippen LogP contribution in [0.15, 0.2) is 0 Å². The smallest absolute Gasteiger partial charge is 0.318 e. The van der Waals surface area contributed by atoms with Gasteiger partial charge in [0.2, 0.25) is 0 Å². The van der Waals surface area contributed by atoms with Gasteiger partial charge in [-0.3, -0.25) is 0 Å². The van der Waals surface area contributed by atoms with Crippen molar-refractivity contribution in [1.29, 1.82) is 0 Å². The van der Waals surface area contributed by atoms with Gasteiger partial charge in [0.1, 0.15) is 0 Å². The molecule has 5 atom stereocenters. The van der Waals surface area contributed by atoms with Crippen molar-refractivity contribution >= 4 is 6.03 Å². The SMILES string of the molecule is CCC12CC3CC(CC(O)(C3)C1)C2N1CC(C)(C)NC1=O. The summed E-state index contributed by atoms with van der Waals surface area (Å²) in [5.41, 5.74) is -0.418. The van der Waals surface area contributed by atoms with Gasteiger partial charge in [0.05, 0.1) is 11.1 Å². The Kier molecular flexibility index (Phi) is 2.61. The summed E-state index contributed by atoms with van der Waals surface area (Å²) in [7, 11) is 0. The van der Waals surface area contributed by atoms with Gasteiger partial charge in [-0.05, 0) is 69.6 Å². The van der Waals surface area contributed by atoms with E-state index in [0.717, 1.165) is 32.2 Å². The molecule has 4 nitrogen and oxygen atoms in total.